The number of amides is 1. The van der Waals surface area contributed by atoms with E-state index in [-0.39, 0.29) is 5.91 Å². The molecule has 0 fully saturated rings. The zero-order chi connectivity index (χ0) is 19.1. The molecule has 1 N–H and O–H groups in total. The van der Waals surface area contributed by atoms with Crippen molar-refractivity contribution in [3.05, 3.63) is 72.3 Å². The van der Waals surface area contributed by atoms with Crippen LogP contribution >= 0.6 is 0 Å². The largest absolute Gasteiger partial charge is 0.496 e. The van der Waals surface area contributed by atoms with E-state index in [0.717, 1.165) is 34.9 Å². The highest BCUT2D eigenvalue weighted by atomic mass is 16.5. The molecule has 4 nitrogen and oxygen atoms in total. The van der Waals surface area contributed by atoms with Crippen molar-refractivity contribution in [2.24, 2.45) is 0 Å². The van der Waals surface area contributed by atoms with Crippen molar-refractivity contribution in [2.45, 2.75) is 25.9 Å². The van der Waals surface area contributed by atoms with Crippen molar-refractivity contribution in [2.75, 3.05) is 13.7 Å². The van der Waals surface area contributed by atoms with Crippen molar-refractivity contribution in [3.8, 4) is 11.5 Å². The van der Waals surface area contributed by atoms with E-state index in [9.17, 15) is 4.79 Å². The van der Waals surface area contributed by atoms with E-state index in [1.54, 1.807) is 14.0 Å². The van der Waals surface area contributed by atoms with Gasteiger partial charge in [-0.2, -0.15) is 0 Å². The molecule has 140 valence electrons. The van der Waals surface area contributed by atoms with Crippen LogP contribution < -0.4 is 14.8 Å². The topological polar surface area (TPSA) is 47.6 Å². The van der Waals surface area contributed by atoms with Crippen LogP contribution in [-0.4, -0.2) is 25.7 Å². The van der Waals surface area contributed by atoms with Crippen molar-refractivity contribution < 1.29 is 14.3 Å². The van der Waals surface area contributed by atoms with Gasteiger partial charge in [0.05, 0.1) is 7.11 Å². The monoisotopic (exact) mass is 363 g/mol. The molecule has 0 spiro atoms. The quantitative estimate of drug-likeness (QED) is 0.605. The Balaban J connectivity index is 1.47. The van der Waals surface area contributed by atoms with Gasteiger partial charge in [0.25, 0.3) is 5.91 Å². The number of carbonyl (C=O) groups excluding carboxylic acids is 1. The fourth-order valence-corrected chi connectivity index (χ4v) is 3.04. The van der Waals surface area contributed by atoms with Gasteiger partial charge in [0.2, 0.25) is 0 Å². The SMILES string of the molecule is COc1ccccc1CCCNC(=O)C(C)Oc1ccc2ccccc2c1. The van der Waals surface area contributed by atoms with Crippen LogP contribution in [-0.2, 0) is 11.2 Å². The van der Waals surface area contributed by atoms with E-state index in [1.165, 1.54) is 0 Å². The minimum Gasteiger partial charge on any atom is -0.496 e. The number of para-hydroxylation sites is 1. The molecule has 1 atom stereocenters. The maximum absolute atomic E-state index is 12.3. The summed E-state index contributed by atoms with van der Waals surface area (Å²) in [4.78, 5) is 12.3. The number of fused-ring (bicyclic) bond motifs is 1. The van der Waals surface area contributed by atoms with E-state index in [1.807, 2.05) is 60.7 Å². The third kappa shape index (κ3) is 5.00. The Morgan fingerprint density at radius 2 is 1.74 bits per heavy atom. The fraction of sp³-hybridized carbons (Fsp3) is 0.261. The van der Waals surface area contributed by atoms with Crippen LogP contribution in [0.5, 0.6) is 11.5 Å². The van der Waals surface area contributed by atoms with Gasteiger partial charge in [0.15, 0.2) is 6.10 Å². The lowest BCUT2D eigenvalue weighted by Crippen LogP contribution is -2.36. The summed E-state index contributed by atoms with van der Waals surface area (Å²) in [6.07, 6.45) is 1.15. The summed E-state index contributed by atoms with van der Waals surface area (Å²) in [5.41, 5.74) is 1.15. The zero-order valence-electron chi connectivity index (χ0n) is 15.8. The van der Waals surface area contributed by atoms with Gasteiger partial charge in [0.1, 0.15) is 11.5 Å². The average Bonchev–Trinajstić information content (AvgIpc) is 2.71. The molecule has 4 heteroatoms. The van der Waals surface area contributed by atoms with Gasteiger partial charge in [-0.15, -0.1) is 0 Å². The molecule has 0 saturated heterocycles. The lowest BCUT2D eigenvalue weighted by atomic mass is 10.1. The second-order valence-corrected chi connectivity index (χ2v) is 6.48. The molecule has 0 heterocycles. The summed E-state index contributed by atoms with van der Waals surface area (Å²) in [7, 11) is 1.67. The second kappa shape index (κ2) is 9.08. The van der Waals surface area contributed by atoms with Gasteiger partial charge < -0.3 is 14.8 Å². The summed E-state index contributed by atoms with van der Waals surface area (Å²) in [5, 5.41) is 5.19. The first kappa shape index (κ1) is 18.8. The molecule has 0 aromatic heterocycles. The second-order valence-electron chi connectivity index (χ2n) is 6.48. The number of ether oxygens (including phenoxy) is 2. The molecular formula is C23H25NO3. The maximum Gasteiger partial charge on any atom is 0.260 e. The Morgan fingerprint density at radius 1 is 1.00 bits per heavy atom. The van der Waals surface area contributed by atoms with E-state index in [2.05, 4.69) is 11.4 Å². The highest BCUT2D eigenvalue weighted by Gasteiger charge is 2.14. The normalized spacial score (nSPS) is 11.8. The predicted molar refractivity (Wildman–Crippen MR) is 108 cm³/mol. The minimum atomic E-state index is -0.544. The van der Waals surface area contributed by atoms with Crippen LogP contribution in [0.1, 0.15) is 18.9 Å². The van der Waals surface area contributed by atoms with Crippen LogP contribution in [0.15, 0.2) is 66.7 Å². The molecule has 3 rings (SSSR count). The summed E-state index contributed by atoms with van der Waals surface area (Å²) in [6, 6.07) is 21.9. The average molecular weight is 363 g/mol. The molecule has 0 radical (unpaired) electrons. The standard InChI is InChI=1S/C23H25NO3/c1-17(27-21-14-13-18-8-3-4-10-20(18)16-21)23(25)24-15-7-11-19-9-5-6-12-22(19)26-2/h3-6,8-10,12-14,16-17H,7,11,15H2,1-2H3,(H,24,25). The first-order valence-corrected chi connectivity index (χ1v) is 9.22. The maximum atomic E-state index is 12.3. The van der Waals surface area contributed by atoms with Crippen LogP contribution in [0.25, 0.3) is 10.8 Å². The number of aryl methyl sites for hydroxylation is 1. The van der Waals surface area contributed by atoms with Crippen LogP contribution in [0.3, 0.4) is 0 Å². The molecule has 3 aromatic carbocycles. The van der Waals surface area contributed by atoms with Crippen LogP contribution in [0.2, 0.25) is 0 Å². The van der Waals surface area contributed by atoms with Gasteiger partial charge in [0, 0.05) is 6.54 Å². The Morgan fingerprint density at radius 3 is 2.56 bits per heavy atom. The van der Waals surface area contributed by atoms with E-state index in [4.69, 9.17) is 9.47 Å². The number of rotatable bonds is 8. The van der Waals surface area contributed by atoms with Crippen molar-refractivity contribution in [1.29, 1.82) is 0 Å². The number of benzene rings is 3. The van der Waals surface area contributed by atoms with E-state index in [0.29, 0.717) is 12.3 Å². The third-order valence-corrected chi connectivity index (χ3v) is 4.52. The molecule has 0 bridgehead atoms. The Labute approximate surface area is 160 Å². The van der Waals surface area contributed by atoms with Crippen molar-refractivity contribution in [3.63, 3.8) is 0 Å². The lowest BCUT2D eigenvalue weighted by molar-refractivity contribution is -0.127. The highest BCUT2D eigenvalue weighted by Crippen LogP contribution is 2.21. The fourth-order valence-electron chi connectivity index (χ4n) is 3.04. The summed E-state index contributed by atoms with van der Waals surface area (Å²) in [6.45, 7) is 2.37. The molecule has 1 amide bonds. The number of hydrogen-bond acceptors (Lipinski definition) is 3. The predicted octanol–water partition coefficient (Wildman–Crippen LogP) is 4.36. The Hall–Kier alpha value is -3.01. The van der Waals surface area contributed by atoms with Gasteiger partial charge >= 0.3 is 0 Å². The molecule has 0 aliphatic carbocycles. The summed E-state index contributed by atoms with van der Waals surface area (Å²) < 4.78 is 11.2. The molecule has 27 heavy (non-hydrogen) atoms. The zero-order valence-corrected chi connectivity index (χ0v) is 15.8. The van der Waals surface area contributed by atoms with Gasteiger partial charge in [-0.3, -0.25) is 4.79 Å². The van der Waals surface area contributed by atoms with E-state index >= 15 is 0 Å². The smallest absolute Gasteiger partial charge is 0.260 e. The van der Waals surface area contributed by atoms with Crippen LogP contribution in [0, 0.1) is 0 Å². The first-order valence-electron chi connectivity index (χ1n) is 9.22. The molecular weight excluding hydrogens is 338 g/mol. The van der Waals surface area contributed by atoms with Crippen molar-refractivity contribution in [1.82, 2.24) is 5.32 Å². The number of hydrogen-bond donors (Lipinski definition) is 1. The molecule has 0 saturated carbocycles. The summed E-state index contributed by atoms with van der Waals surface area (Å²) in [5.74, 6) is 1.48. The number of nitrogens with one attached hydrogen (secondary N) is 1. The molecule has 0 aliphatic rings. The lowest BCUT2D eigenvalue weighted by Gasteiger charge is -2.15. The first-order chi connectivity index (χ1) is 13.2. The van der Waals surface area contributed by atoms with Gasteiger partial charge in [-0.05, 0) is 54.3 Å². The van der Waals surface area contributed by atoms with Crippen molar-refractivity contribution >= 4 is 16.7 Å². The highest BCUT2D eigenvalue weighted by molar-refractivity contribution is 5.84. The molecule has 1 unspecified atom stereocenters. The summed E-state index contributed by atoms with van der Waals surface area (Å²) >= 11 is 0. The van der Waals surface area contributed by atoms with Gasteiger partial charge in [-0.1, -0.05) is 48.5 Å². The Bertz CT molecular complexity index is 907. The molecule has 3 aromatic rings. The Kier molecular flexibility index (Phi) is 6.31. The number of carbonyl (C=O) groups is 1. The van der Waals surface area contributed by atoms with E-state index < -0.39 is 6.10 Å². The van der Waals surface area contributed by atoms with Crippen LogP contribution in [0.4, 0.5) is 0 Å². The molecule has 0 aliphatic heterocycles. The third-order valence-electron chi connectivity index (χ3n) is 4.52. The van der Waals surface area contributed by atoms with Gasteiger partial charge in [-0.25, -0.2) is 0 Å². The minimum absolute atomic E-state index is 0.108. The number of methoxy groups -OCH3 is 1.